The standard InChI is InChI=1S/C18H19FN2O2S/c19-16-7-5-14(6-8-16)11-21-13-20-10-9-15-3-1-2-4-17(15)18(20)12-24(21,22)23/h1-8,18H,9-13H2. The summed E-state index contributed by atoms with van der Waals surface area (Å²) in [7, 11) is -3.35. The Morgan fingerprint density at radius 3 is 2.62 bits per heavy atom. The van der Waals surface area contributed by atoms with Crippen LogP contribution in [0.15, 0.2) is 48.5 Å². The maximum absolute atomic E-state index is 13.0. The molecule has 4 nitrogen and oxygen atoms in total. The average Bonchev–Trinajstić information content (AvgIpc) is 2.57. The molecule has 2 aliphatic rings. The van der Waals surface area contributed by atoms with Gasteiger partial charge in [0.05, 0.1) is 18.5 Å². The summed E-state index contributed by atoms with van der Waals surface area (Å²) in [5.41, 5.74) is 3.19. The predicted octanol–water partition coefficient (Wildman–Crippen LogP) is 2.53. The highest BCUT2D eigenvalue weighted by atomic mass is 32.2. The van der Waals surface area contributed by atoms with Crippen molar-refractivity contribution in [3.63, 3.8) is 0 Å². The third kappa shape index (κ3) is 2.85. The fraction of sp³-hybridized carbons (Fsp3) is 0.333. The summed E-state index contributed by atoms with van der Waals surface area (Å²) in [6.45, 7) is 1.53. The molecule has 0 radical (unpaired) electrons. The van der Waals surface area contributed by atoms with E-state index in [1.165, 1.54) is 22.0 Å². The van der Waals surface area contributed by atoms with Gasteiger partial charge in [-0.2, -0.15) is 4.31 Å². The molecular formula is C18H19FN2O2S. The zero-order valence-electron chi connectivity index (χ0n) is 13.2. The molecule has 4 rings (SSSR count). The van der Waals surface area contributed by atoms with Gasteiger partial charge in [-0.05, 0) is 35.2 Å². The summed E-state index contributed by atoms with van der Waals surface area (Å²) in [5, 5.41) is 0. The van der Waals surface area contributed by atoms with Crippen molar-refractivity contribution in [1.29, 1.82) is 0 Å². The number of halogens is 1. The number of rotatable bonds is 2. The van der Waals surface area contributed by atoms with Crippen LogP contribution >= 0.6 is 0 Å². The Bertz CT molecular complexity index is 852. The van der Waals surface area contributed by atoms with E-state index in [9.17, 15) is 12.8 Å². The van der Waals surface area contributed by atoms with Gasteiger partial charge >= 0.3 is 0 Å². The van der Waals surface area contributed by atoms with Crippen molar-refractivity contribution < 1.29 is 12.8 Å². The molecule has 0 aromatic heterocycles. The summed E-state index contributed by atoms with van der Waals surface area (Å²) in [6.07, 6.45) is 0.942. The minimum absolute atomic E-state index is 0.0654. The molecule has 0 N–H and O–H groups in total. The molecule has 0 bridgehead atoms. The second-order valence-corrected chi connectivity index (χ2v) is 8.45. The van der Waals surface area contributed by atoms with Crippen molar-refractivity contribution in [2.45, 2.75) is 19.0 Å². The first-order valence-electron chi connectivity index (χ1n) is 8.07. The van der Waals surface area contributed by atoms with Crippen LogP contribution in [0.2, 0.25) is 0 Å². The molecule has 0 spiro atoms. The lowest BCUT2D eigenvalue weighted by Gasteiger charge is -2.44. The molecule has 0 saturated carbocycles. The summed E-state index contributed by atoms with van der Waals surface area (Å²) in [6, 6.07) is 14.1. The third-order valence-corrected chi connectivity index (χ3v) is 6.66. The van der Waals surface area contributed by atoms with E-state index in [-0.39, 0.29) is 24.2 Å². The molecule has 2 heterocycles. The van der Waals surface area contributed by atoms with Gasteiger partial charge in [-0.25, -0.2) is 12.8 Å². The van der Waals surface area contributed by atoms with Crippen LogP contribution < -0.4 is 0 Å². The molecule has 1 fully saturated rings. The van der Waals surface area contributed by atoms with Crippen LogP contribution in [-0.4, -0.2) is 36.6 Å². The van der Waals surface area contributed by atoms with Gasteiger partial charge in [0, 0.05) is 13.1 Å². The largest absolute Gasteiger partial charge is 0.281 e. The summed E-state index contributed by atoms with van der Waals surface area (Å²) in [5.74, 6) is -0.210. The normalized spacial score (nSPS) is 23.5. The topological polar surface area (TPSA) is 40.6 Å². The molecule has 2 aliphatic heterocycles. The van der Waals surface area contributed by atoms with E-state index in [1.54, 1.807) is 12.1 Å². The smallest absolute Gasteiger partial charge is 0.217 e. The first-order chi connectivity index (χ1) is 11.5. The third-order valence-electron chi connectivity index (χ3n) is 4.90. The molecule has 1 saturated heterocycles. The van der Waals surface area contributed by atoms with Gasteiger partial charge in [0.15, 0.2) is 0 Å². The number of nitrogens with zero attached hydrogens (tertiary/aromatic N) is 2. The van der Waals surface area contributed by atoms with E-state index < -0.39 is 10.0 Å². The van der Waals surface area contributed by atoms with Crippen LogP contribution in [-0.2, 0) is 23.0 Å². The van der Waals surface area contributed by atoms with E-state index in [0.29, 0.717) is 6.67 Å². The summed E-state index contributed by atoms with van der Waals surface area (Å²) in [4.78, 5) is 2.23. The quantitative estimate of drug-likeness (QED) is 0.839. The lowest BCUT2D eigenvalue weighted by atomic mass is 9.94. The van der Waals surface area contributed by atoms with Crippen LogP contribution in [0.25, 0.3) is 0 Å². The van der Waals surface area contributed by atoms with Crippen LogP contribution in [0.3, 0.4) is 0 Å². The second kappa shape index (κ2) is 5.95. The molecule has 2 aromatic carbocycles. The Balaban J connectivity index is 1.59. The van der Waals surface area contributed by atoms with Crippen molar-refractivity contribution in [2.75, 3.05) is 19.0 Å². The maximum Gasteiger partial charge on any atom is 0.217 e. The summed E-state index contributed by atoms with van der Waals surface area (Å²) < 4.78 is 40.0. The van der Waals surface area contributed by atoms with E-state index >= 15 is 0 Å². The first kappa shape index (κ1) is 15.7. The van der Waals surface area contributed by atoms with E-state index in [0.717, 1.165) is 24.1 Å². The monoisotopic (exact) mass is 346 g/mol. The molecule has 0 aliphatic carbocycles. The Kier molecular flexibility index (Phi) is 3.90. The molecular weight excluding hydrogens is 327 g/mol. The predicted molar refractivity (Wildman–Crippen MR) is 90.2 cm³/mol. The second-order valence-electron chi connectivity index (χ2n) is 6.43. The lowest BCUT2D eigenvalue weighted by Crippen LogP contribution is -2.53. The molecule has 126 valence electrons. The number of benzene rings is 2. The molecule has 0 amide bonds. The molecule has 2 aromatic rings. The van der Waals surface area contributed by atoms with Crippen molar-refractivity contribution in [1.82, 2.24) is 9.21 Å². The zero-order chi connectivity index (χ0) is 16.7. The number of hydrogen-bond acceptors (Lipinski definition) is 3. The Morgan fingerprint density at radius 1 is 1.08 bits per heavy atom. The van der Waals surface area contributed by atoms with Crippen LogP contribution in [0.1, 0.15) is 22.7 Å². The number of sulfonamides is 1. The van der Waals surface area contributed by atoms with Gasteiger partial charge < -0.3 is 0 Å². The van der Waals surface area contributed by atoms with Gasteiger partial charge in [0.25, 0.3) is 0 Å². The lowest BCUT2D eigenvalue weighted by molar-refractivity contribution is 0.119. The Labute approximate surface area is 141 Å². The van der Waals surface area contributed by atoms with E-state index in [1.807, 2.05) is 18.2 Å². The SMILES string of the molecule is O=S1(=O)CC2c3ccccc3CCN2CN1Cc1ccc(F)cc1. The van der Waals surface area contributed by atoms with E-state index in [4.69, 9.17) is 0 Å². The maximum atomic E-state index is 13.0. The van der Waals surface area contributed by atoms with Crippen LogP contribution in [0.4, 0.5) is 4.39 Å². The fourth-order valence-electron chi connectivity index (χ4n) is 3.61. The highest BCUT2D eigenvalue weighted by Crippen LogP contribution is 2.35. The highest BCUT2D eigenvalue weighted by Gasteiger charge is 2.40. The summed E-state index contributed by atoms with van der Waals surface area (Å²) >= 11 is 0. The fourth-order valence-corrected chi connectivity index (χ4v) is 5.28. The zero-order valence-corrected chi connectivity index (χ0v) is 14.0. The Morgan fingerprint density at radius 2 is 1.83 bits per heavy atom. The molecule has 1 atom stereocenters. The van der Waals surface area contributed by atoms with Crippen LogP contribution in [0, 0.1) is 5.82 Å². The van der Waals surface area contributed by atoms with Gasteiger partial charge in [0.2, 0.25) is 10.0 Å². The van der Waals surface area contributed by atoms with Crippen LogP contribution in [0.5, 0.6) is 0 Å². The molecule has 24 heavy (non-hydrogen) atoms. The van der Waals surface area contributed by atoms with E-state index in [2.05, 4.69) is 11.0 Å². The minimum atomic E-state index is -3.35. The Hall–Kier alpha value is -1.76. The first-order valence-corrected chi connectivity index (χ1v) is 9.68. The molecule has 1 unspecified atom stereocenters. The van der Waals surface area contributed by atoms with Crippen molar-refractivity contribution >= 4 is 10.0 Å². The van der Waals surface area contributed by atoms with Crippen molar-refractivity contribution in [3.05, 3.63) is 71.0 Å². The van der Waals surface area contributed by atoms with Crippen molar-refractivity contribution in [3.8, 4) is 0 Å². The van der Waals surface area contributed by atoms with Gasteiger partial charge in [-0.3, -0.25) is 4.90 Å². The van der Waals surface area contributed by atoms with Crippen molar-refractivity contribution in [2.24, 2.45) is 0 Å². The van der Waals surface area contributed by atoms with Gasteiger partial charge in [0.1, 0.15) is 5.82 Å². The average molecular weight is 346 g/mol. The highest BCUT2D eigenvalue weighted by molar-refractivity contribution is 7.89. The number of fused-ring (bicyclic) bond motifs is 3. The van der Waals surface area contributed by atoms with Gasteiger partial charge in [-0.1, -0.05) is 36.4 Å². The van der Waals surface area contributed by atoms with Gasteiger partial charge in [-0.15, -0.1) is 0 Å². The minimum Gasteiger partial charge on any atom is -0.281 e. The number of hydrogen-bond donors (Lipinski definition) is 0. The molecule has 6 heteroatoms.